The molecule has 1 aromatic carbocycles. The van der Waals surface area contributed by atoms with E-state index in [0.717, 1.165) is 6.08 Å². The van der Waals surface area contributed by atoms with Crippen molar-refractivity contribution >= 4 is 23.6 Å². The molecule has 124 valence electrons. The molecule has 0 fully saturated rings. The summed E-state index contributed by atoms with van der Waals surface area (Å²) in [5, 5.41) is 11.7. The third-order valence-electron chi connectivity index (χ3n) is 2.95. The Bertz CT molecular complexity index is 623. The molecule has 0 saturated heterocycles. The largest absolute Gasteiger partial charge is 0.477 e. The molecule has 0 heterocycles. The van der Waals surface area contributed by atoms with Crippen molar-refractivity contribution < 1.29 is 29.0 Å². The summed E-state index contributed by atoms with van der Waals surface area (Å²) in [6.45, 7) is 3.55. The highest BCUT2D eigenvalue weighted by Gasteiger charge is 2.14. The Hall–Kier alpha value is -2.83. The fourth-order valence-electron chi connectivity index (χ4n) is 1.58. The summed E-state index contributed by atoms with van der Waals surface area (Å²) in [6, 6.07) is 6.07. The summed E-state index contributed by atoms with van der Waals surface area (Å²) < 4.78 is 9.60. The molecule has 0 aliphatic heterocycles. The van der Waals surface area contributed by atoms with E-state index in [1.54, 1.807) is 19.1 Å². The molecule has 23 heavy (non-hydrogen) atoms. The average molecular weight is 321 g/mol. The first kappa shape index (κ1) is 18.2. The van der Waals surface area contributed by atoms with Crippen LogP contribution in [0.5, 0.6) is 0 Å². The predicted molar refractivity (Wildman–Crippen MR) is 83.0 cm³/mol. The summed E-state index contributed by atoms with van der Waals surface area (Å²) >= 11 is 0. The van der Waals surface area contributed by atoms with E-state index in [-0.39, 0.29) is 17.4 Å². The number of methoxy groups -OCH3 is 1. The quantitative estimate of drug-likeness (QED) is 0.586. The van der Waals surface area contributed by atoms with Gasteiger partial charge in [-0.05, 0) is 31.5 Å². The Morgan fingerprint density at radius 2 is 2.04 bits per heavy atom. The minimum absolute atomic E-state index is 0.254. The molecule has 0 aliphatic rings. The first-order chi connectivity index (χ1) is 10.9. The number of nitrogens with one attached hydrogen (secondary N) is 1. The van der Waals surface area contributed by atoms with Crippen molar-refractivity contribution in [3.63, 3.8) is 0 Å². The number of rotatable bonds is 7. The van der Waals surface area contributed by atoms with Gasteiger partial charge in [0.2, 0.25) is 0 Å². The first-order valence-corrected chi connectivity index (χ1v) is 6.98. The second-order valence-corrected chi connectivity index (χ2v) is 4.72. The smallest absolute Gasteiger partial charge is 0.352 e. The van der Waals surface area contributed by atoms with E-state index in [1.165, 1.54) is 19.2 Å². The minimum atomic E-state index is -1.32. The van der Waals surface area contributed by atoms with Crippen LogP contribution in [0.25, 0.3) is 0 Å². The average Bonchev–Trinajstić information content (AvgIpc) is 2.53. The first-order valence-electron chi connectivity index (χ1n) is 6.98. The van der Waals surface area contributed by atoms with E-state index < -0.39 is 17.9 Å². The van der Waals surface area contributed by atoms with Crippen LogP contribution in [0.15, 0.2) is 36.0 Å². The zero-order chi connectivity index (χ0) is 17.4. The van der Waals surface area contributed by atoms with Gasteiger partial charge >= 0.3 is 17.9 Å². The second kappa shape index (κ2) is 8.57. The van der Waals surface area contributed by atoms with Gasteiger partial charge in [0.25, 0.3) is 0 Å². The monoisotopic (exact) mass is 321 g/mol. The van der Waals surface area contributed by atoms with Crippen molar-refractivity contribution in [2.24, 2.45) is 0 Å². The molecule has 7 heteroatoms. The van der Waals surface area contributed by atoms with E-state index in [9.17, 15) is 14.4 Å². The summed E-state index contributed by atoms with van der Waals surface area (Å²) in [5.74, 6) is -2.63. The zero-order valence-corrected chi connectivity index (χ0v) is 13.2. The van der Waals surface area contributed by atoms with Gasteiger partial charge in [-0.3, -0.25) is 0 Å². The van der Waals surface area contributed by atoms with Crippen molar-refractivity contribution in [2.45, 2.75) is 26.4 Å². The lowest BCUT2D eigenvalue weighted by Gasteiger charge is -2.11. The lowest BCUT2D eigenvalue weighted by Crippen LogP contribution is -2.17. The van der Waals surface area contributed by atoms with Gasteiger partial charge < -0.3 is 19.9 Å². The molecule has 0 radical (unpaired) electrons. The van der Waals surface area contributed by atoms with Crippen molar-refractivity contribution in [1.82, 2.24) is 0 Å². The van der Waals surface area contributed by atoms with E-state index in [1.807, 2.05) is 6.92 Å². The van der Waals surface area contributed by atoms with Gasteiger partial charge in [0.1, 0.15) is 5.70 Å². The van der Waals surface area contributed by atoms with Crippen molar-refractivity contribution in [2.75, 3.05) is 12.4 Å². The Morgan fingerprint density at radius 3 is 2.61 bits per heavy atom. The van der Waals surface area contributed by atoms with Gasteiger partial charge in [0, 0.05) is 5.69 Å². The number of carboxylic acids is 1. The summed E-state index contributed by atoms with van der Waals surface area (Å²) in [5.41, 5.74) is 0.225. The van der Waals surface area contributed by atoms with Crippen molar-refractivity contribution in [1.29, 1.82) is 0 Å². The molecule has 1 rings (SSSR count). The van der Waals surface area contributed by atoms with Gasteiger partial charge in [-0.2, -0.15) is 0 Å². The number of esters is 2. The molecule has 0 aliphatic carbocycles. The van der Waals surface area contributed by atoms with Crippen LogP contribution < -0.4 is 5.32 Å². The maximum Gasteiger partial charge on any atom is 0.352 e. The molecule has 0 aromatic heterocycles. The van der Waals surface area contributed by atoms with E-state index in [4.69, 9.17) is 9.84 Å². The third kappa shape index (κ3) is 5.82. The maximum atomic E-state index is 11.7. The number of hydrogen-bond acceptors (Lipinski definition) is 6. The molecule has 1 atom stereocenters. The Labute approximate surface area is 133 Å². The predicted octanol–water partition coefficient (Wildman–Crippen LogP) is 2.20. The van der Waals surface area contributed by atoms with Gasteiger partial charge in [0.05, 0.1) is 24.9 Å². The number of ether oxygens (including phenoxy) is 2. The lowest BCUT2D eigenvalue weighted by atomic mass is 10.2. The number of aliphatic carboxylic acids is 1. The highest BCUT2D eigenvalue weighted by molar-refractivity contribution is 5.98. The lowest BCUT2D eigenvalue weighted by molar-refractivity contribution is -0.143. The number of hydrogen-bond donors (Lipinski definition) is 2. The molecule has 1 unspecified atom stereocenters. The number of anilines is 1. The van der Waals surface area contributed by atoms with E-state index in [2.05, 4.69) is 10.1 Å². The van der Waals surface area contributed by atoms with Gasteiger partial charge in [-0.1, -0.05) is 13.0 Å². The van der Waals surface area contributed by atoms with E-state index in [0.29, 0.717) is 12.1 Å². The number of benzene rings is 1. The topological polar surface area (TPSA) is 102 Å². The zero-order valence-electron chi connectivity index (χ0n) is 13.2. The van der Waals surface area contributed by atoms with Crippen LogP contribution in [0.2, 0.25) is 0 Å². The summed E-state index contributed by atoms with van der Waals surface area (Å²) in [6.07, 6.45) is 1.17. The highest BCUT2D eigenvalue weighted by atomic mass is 16.5. The molecule has 0 amide bonds. The number of carboxylic acid groups (broad SMARTS) is 1. The fourth-order valence-corrected chi connectivity index (χ4v) is 1.58. The Balaban J connectivity index is 2.94. The normalized spacial score (nSPS) is 12.2. The van der Waals surface area contributed by atoms with Gasteiger partial charge in [-0.25, -0.2) is 14.4 Å². The molecule has 0 saturated carbocycles. The van der Waals surface area contributed by atoms with Gasteiger partial charge in [-0.15, -0.1) is 0 Å². The Kier molecular flexibility index (Phi) is 6.79. The fraction of sp³-hybridized carbons (Fsp3) is 0.312. The van der Waals surface area contributed by atoms with Gasteiger partial charge in [0.15, 0.2) is 0 Å². The minimum Gasteiger partial charge on any atom is -0.477 e. The molecule has 1 aromatic rings. The summed E-state index contributed by atoms with van der Waals surface area (Å²) in [7, 11) is 1.25. The standard InChI is InChI=1S/C16H19NO6/c1-4-10(2)23-14(18)9-13(15(19)20)17-12-7-5-6-11(8-12)16(21)22-3/h5-10,17H,4H2,1-3H3,(H,19,20). The molecule has 0 spiro atoms. The number of carbonyl (C=O) groups excluding carboxylic acids is 2. The van der Waals surface area contributed by atoms with Crippen LogP contribution in [0.4, 0.5) is 5.69 Å². The van der Waals surface area contributed by atoms with Crippen LogP contribution in [0.1, 0.15) is 30.6 Å². The molecule has 7 nitrogen and oxygen atoms in total. The van der Waals surface area contributed by atoms with Crippen LogP contribution >= 0.6 is 0 Å². The molecule has 0 bridgehead atoms. The second-order valence-electron chi connectivity index (χ2n) is 4.72. The SMILES string of the molecule is CCC(C)OC(=O)C=C(Nc1cccc(C(=O)OC)c1)C(=O)O. The van der Waals surface area contributed by atoms with E-state index >= 15 is 0 Å². The van der Waals surface area contributed by atoms with Crippen molar-refractivity contribution in [3.05, 3.63) is 41.6 Å². The van der Waals surface area contributed by atoms with Crippen molar-refractivity contribution in [3.8, 4) is 0 Å². The molecular formula is C16H19NO6. The van der Waals surface area contributed by atoms with Crippen LogP contribution in [0, 0.1) is 0 Å². The van der Waals surface area contributed by atoms with Crippen LogP contribution in [-0.2, 0) is 19.1 Å². The van der Waals surface area contributed by atoms with Crippen LogP contribution in [0.3, 0.4) is 0 Å². The maximum absolute atomic E-state index is 11.7. The molecular weight excluding hydrogens is 302 g/mol. The number of carbonyl (C=O) groups is 3. The Morgan fingerprint density at radius 1 is 1.35 bits per heavy atom. The molecule has 2 N–H and O–H groups in total. The summed E-state index contributed by atoms with van der Waals surface area (Å²) in [4.78, 5) is 34.4. The third-order valence-corrected chi connectivity index (χ3v) is 2.95. The van der Waals surface area contributed by atoms with Crippen LogP contribution in [-0.4, -0.2) is 36.2 Å². The highest BCUT2D eigenvalue weighted by Crippen LogP contribution is 2.14.